The largest absolute Gasteiger partial charge is 0.456 e. The molecule has 0 atom stereocenters. The Balaban J connectivity index is 1.23. The van der Waals surface area contributed by atoms with Gasteiger partial charge in [-0.25, -0.2) is 0 Å². The number of hydrogen-bond acceptors (Lipinski definition) is 6. The molecule has 0 saturated carbocycles. The van der Waals surface area contributed by atoms with E-state index in [1.165, 1.54) is 20.2 Å². The second-order valence-corrected chi connectivity index (χ2v) is 16.1. The van der Waals surface area contributed by atoms with Crippen LogP contribution in [0.4, 0.5) is 51.2 Å². The van der Waals surface area contributed by atoms with E-state index in [9.17, 15) is 4.79 Å². The SMILES string of the molecule is C=C/C=C(\C=C)c1cccc(N2c3ccc(N(c4ccccc4)c4ccccc4)cc3N(c3ccc4oc5ccccc5c(=O)c4c3)c3cc4c(cc32)sc2ccccc24)c1. The fourth-order valence-electron chi connectivity index (χ4n) is 8.71. The van der Waals surface area contributed by atoms with E-state index >= 15 is 0 Å². The molecule has 0 unspecified atom stereocenters. The molecule has 8 aromatic carbocycles. The first-order chi connectivity index (χ1) is 30.1. The fraction of sp³-hybridized carbons (Fsp3) is 0. The fourth-order valence-corrected chi connectivity index (χ4v) is 9.83. The smallest absolute Gasteiger partial charge is 0.200 e. The van der Waals surface area contributed by atoms with Crippen molar-refractivity contribution in [1.29, 1.82) is 0 Å². The number of rotatable bonds is 8. The lowest BCUT2D eigenvalue weighted by atomic mass is 9.99. The van der Waals surface area contributed by atoms with Crippen LogP contribution >= 0.6 is 11.3 Å². The Morgan fingerprint density at radius 3 is 1.93 bits per heavy atom. The molecule has 1 aliphatic heterocycles. The molecule has 0 bridgehead atoms. The molecule has 6 heteroatoms. The summed E-state index contributed by atoms with van der Waals surface area (Å²) in [5.41, 5.74) is 11.9. The Morgan fingerprint density at radius 1 is 0.508 bits per heavy atom. The van der Waals surface area contributed by atoms with Gasteiger partial charge in [-0.2, -0.15) is 0 Å². The summed E-state index contributed by atoms with van der Waals surface area (Å²) in [5.74, 6) is 0. The lowest BCUT2D eigenvalue weighted by molar-refractivity contribution is 0.660. The summed E-state index contributed by atoms with van der Waals surface area (Å²) in [4.78, 5) is 21.2. The molecule has 290 valence electrons. The van der Waals surface area contributed by atoms with Gasteiger partial charge in [-0.1, -0.05) is 110 Å². The molecule has 0 amide bonds. The molecule has 10 aromatic rings. The first-order valence-corrected chi connectivity index (χ1v) is 21.0. The highest BCUT2D eigenvalue weighted by molar-refractivity contribution is 7.25. The zero-order valence-electron chi connectivity index (χ0n) is 33.0. The summed E-state index contributed by atoms with van der Waals surface area (Å²) in [7, 11) is 0. The van der Waals surface area contributed by atoms with Gasteiger partial charge in [-0.3, -0.25) is 4.79 Å². The summed E-state index contributed by atoms with van der Waals surface area (Å²) in [6.07, 6.45) is 5.65. The van der Waals surface area contributed by atoms with Crippen molar-refractivity contribution in [3.05, 3.63) is 229 Å². The third kappa shape index (κ3) is 6.04. The van der Waals surface area contributed by atoms with Crippen LogP contribution in [-0.4, -0.2) is 0 Å². The Morgan fingerprint density at radius 2 is 1.16 bits per heavy atom. The van der Waals surface area contributed by atoms with Gasteiger partial charge in [0.25, 0.3) is 0 Å². The normalized spacial score (nSPS) is 12.5. The van der Waals surface area contributed by atoms with Crippen LogP contribution in [0.2, 0.25) is 0 Å². The molecule has 0 N–H and O–H groups in total. The lowest BCUT2D eigenvalue weighted by Crippen LogP contribution is -2.24. The van der Waals surface area contributed by atoms with Crippen molar-refractivity contribution in [1.82, 2.24) is 0 Å². The second-order valence-electron chi connectivity index (χ2n) is 15.0. The van der Waals surface area contributed by atoms with E-state index in [0.717, 1.165) is 62.3 Å². The van der Waals surface area contributed by atoms with E-state index in [2.05, 4.69) is 161 Å². The highest BCUT2D eigenvalue weighted by Crippen LogP contribution is 2.57. The Hall–Kier alpha value is -7.93. The van der Waals surface area contributed by atoms with Gasteiger partial charge >= 0.3 is 0 Å². The van der Waals surface area contributed by atoms with Gasteiger partial charge in [0.1, 0.15) is 11.2 Å². The molecular weight excluding hydrogens is 767 g/mol. The number of thiophene rings is 1. The molecular formula is C55H37N3O2S. The maximum atomic E-state index is 14.2. The second kappa shape index (κ2) is 14.7. The minimum atomic E-state index is -0.0624. The summed E-state index contributed by atoms with van der Waals surface area (Å²) in [5, 5.41) is 3.45. The number of benzene rings is 8. The highest BCUT2D eigenvalue weighted by atomic mass is 32.1. The Kier molecular flexibility index (Phi) is 8.73. The van der Waals surface area contributed by atoms with Crippen LogP contribution in [0, 0.1) is 0 Å². The Bertz CT molecular complexity index is 3420. The number of allylic oxidation sites excluding steroid dienone is 4. The van der Waals surface area contributed by atoms with Crippen molar-refractivity contribution >= 4 is 110 Å². The lowest BCUT2D eigenvalue weighted by Gasteiger charge is -2.41. The topological polar surface area (TPSA) is 39.9 Å². The summed E-state index contributed by atoms with van der Waals surface area (Å²) < 4.78 is 8.74. The Labute approximate surface area is 356 Å². The average molecular weight is 804 g/mol. The molecule has 11 rings (SSSR count). The third-order valence-corrected chi connectivity index (χ3v) is 12.6. The van der Waals surface area contributed by atoms with Gasteiger partial charge in [-0.15, -0.1) is 11.3 Å². The number of para-hydroxylation sites is 3. The molecule has 3 heterocycles. The van der Waals surface area contributed by atoms with Crippen LogP contribution in [0.3, 0.4) is 0 Å². The first-order valence-electron chi connectivity index (χ1n) is 20.2. The van der Waals surface area contributed by atoms with Gasteiger partial charge in [0.05, 0.1) is 33.5 Å². The average Bonchev–Trinajstić information content (AvgIpc) is 3.67. The first kappa shape index (κ1) is 36.2. The van der Waals surface area contributed by atoms with E-state index in [4.69, 9.17) is 4.42 Å². The maximum Gasteiger partial charge on any atom is 0.200 e. The van der Waals surface area contributed by atoms with Gasteiger partial charge in [0.15, 0.2) is 0 Å². The van der Waals surface area contributed by atoms with Gasteiger partial charge < -0.3 is 19.1 Å². The summed E-state index contributed by atoms with van der Waals surface area (Å²) in [6, 6.07) is 62.9. The molecule has 0 fully saturated rings. The molecule has 0 spiro atoms. The predicted molar refractivity (Wildman–Crippen MR) is 259 cm³/mol. The van der Waals surface area contributed by atoms with Gasteiger partial charge in [-0.05, 0) is 114 Å². The number of fused-ring (bicyclic) bond motifs is 7. The van der Waals surface area contributed by atoms with E-state index in [1.807, 2.05) is 60.7 Å². The predicted octanol–water partition coefficient (Wildman–Crippen LogP) is 15.8. The standard InChI is InChI=1S/C55H37N3O2S/c1-3-16-36(4-2)37-17-15-22-40(31-37)57-47-29-27-42(56(38-18-7-5-8-19-38)39-20-9-6-10-21-39)33-48(47)58(49-34-45-43-23-12-14-26-53(43)61-54(45)35-50(49)57)41-28-30-52-46(32-41)55(59)44-24-11-13-25-51(44)60-52/h3-35H,1-2H2/b36-16+. The van der Waals surface area contributed by atoms with E-state index in [0.29, 0.717) is 21.9 Å². The highest BCUT2D eigenvalue weighted by Gasteiger charge is 2.33. The van der Waals surface area contributed by atoms with Crippen molar-refractivity contribution < 1.29 is 4.42 Å². The van der Waals surface area contributed by atoms with Crippen LogP contribution in [0.1, 0.15) is 5.56 Å². The summed E-state index contributed by atoms with van der Waals surface area (Å²) in [6.45, 7) is 8.09. The molecule has 2 aromatic heterocycles. The number of nitrogens with zero attached hydrogens (tertiary/aromatic N) is 3. The number of hydrogen-bond donors (Lipinski definition) is 0. The van der Waals surface area contributed by atoms with Crippen LogP contribution < -0.4 is 20.1 Å². The molecule has 0 aliphatic carbocycles. The third-order valence-electron chi connectivity index (χ3n) is 11.5. The molecule has 61 heavy (non-hydrogen) atoms. The van der Waals surface area contributed by atoms with Crippen LogP contribution in [0.5, 0.6) is 0 Å². The molecule has 5 nitrogen and oxygen atoms in total. The van der Waals surface area contributed by atoms with Crippen molar-refractivity contribution in [3.8, 4) is 0 Å². The zero-order chi connectivity index (χ0) is 41.0. The van der Waals surface area contributed by atoms with Crippen molar-refractivity contribution in [2.24, 2.45) is 0 Å². The zero-order valence-corrected chi connectivity index (χ0v) is 33.8. The van der Waals surface area contributed by atoms with Crippen molar-refractivity contribution in [3.63, 3.8) is 0 Å². The van der Waals surface area contributed by atoms with E-state index in [1.54, 1.807) is 17.4 Å². The van der Waals surface area contributed by atoms with Gasteiger partial charge in [0.2, 0.25) is 5.43 Å². The minimum Gasteiger partial charge on any atom is -0.456 e. The minimum absolute atomic E-state index is 0.0624. The van der Waals surface area contributed by atoms with Gasteiger partial charge in [0, 0.05) is 48.6 Å². The monoisotopic (exact) mass is 803 g/mol. The van der Waals surface area contributed by atoms with Crippen molar-refractivity contribution in [2.75, 3.05) is 14.7 Å². The van der Waals surface area contributed by atoms with E-state index < -0.39 is 0 Å². The molecule has 0 radical (unpaired) electrons. The van der Waals surface area contributed by atoms with E-state index in [-0.39, 0.29) is 5.43 Å². The molecule has 0 saturated heterocycles. The van der Waals surface area contributed by atoms with Crippen LogP contribution in [-0.2, 0) is 0 Å². The summed E-state index contributed by atoms with van der Waals surface area (Å²) >= 11 is 1.80. The quantitative estimate of drug-likeness (QED) is 0.113. The van der Waals surface area contributed by atoms with Crippen LogP contribution in [0.25, 0.3) is 47.7 Å². The van der Waals surface area contributed by atoms with Crippen LogP contribution in [0.15, 0.2) is 223 Å². The van der Waals surface area contributed by atoms with Crippen molar-refractivity contribution in [2.45, 2.75) is 0 Å². The number of anilines is 9. The molecule has 1 aliphatic rings. The maximum absolute atomic E-state index is 14.2.